The molecule has 3 aromatic rings. The second kappa shape index (κ2) is 8.17. The second-order valence-corrected chi connectivity index (χ2v) is 9.26. The average molecular weight is 438 g/mol. The molecule has 0 aliphatic heterocycles. The van der Waals surface area contributed by atoms with Crippen LogP contribution >= 0.6 is 22.9 Å². The molecule has 0 aliphatic rings. The van der Waals surface area contributed by atoms with Gasteiger partial charge in [0.1, 0.15) is 15.6 Å². The van der Waals surface area contributed by atoms with E-state index < -0.39 is 10.0 Å². The van der Waals surface area contributed by atoms with E-state index in [1.54, 1.807) is 43.3 Å². The van der Waals surface area contributed by atoms with Gasteiger partial charge in [-0.15, -0.1) is 11.3 Å². The summed E-state index contributed by atoms with van der Waals surface area (Å²) in [5.74, 6) is 0.139. The highest BCUT2D eigenvalue weighted by Crippen LogP contribution is 2.28. The van der Waals surface area contributed by atoms with E-state index >= 15 is 0 Å². The van der Waals surface area contributed by atoms with Crippen molar-refractivity contribution in [3.63, 3.8) is 0 Å². The summed E-state index contributed by atoms with van der Waals surface area (Å²) >= 11 is 6.98. The van der Waals surface area contributed by atoms with Gasteiger partial charge in [0.15, 0.2) is 5.76 Å². The van der Waals surface area contributed by atoms with Crippen molar-refractivity contribution in [1.29, 1.82) is 0 Å². The molecule has 0 saturated heterocycles. The largest absolute Gasteiger partial charge is 0.354 e. The summed E-state index contributed by atoms with van der Waals surface area (Å²) in [6.07, 6.45) is 3.31. The number of thiophene rings is 1. The highest BCUT2D eigenvalue weighted by molar-refractivity contribution is 7.94. The summed E-state index contributed by atoms with van der Waals surface area (Å²) in [5, 5.41) is 6.92. The van der Waals surface area contributed by atoms with Crippen LogP contribution in [0, 0.1) is 6.92 Å². The molecule has 146 valence electrons. The van der Waals surface area contributed by atoms with Crippen molar-refractivity contribution in [3.8, 4) is 0 Å². The predicted octanol–water partition coefficient (Wildman–Crippen LogP) is 4.63. The Balaban J connectivity index is 1.79. The first-order chi connectivity index (χ1) is 13.2. The summed E-state index contributed by atoms with van der Waals surface area (Å²) in [5.41, 5.74) is 1.42. The topological polar surface area (TPSA) is 101 Å². The number of sulfonamides is 1. The molecule has 1 amide bonds. The third-order valence-electron chi connectivity index (χ3n) is 3.53. The molecule has 7 nitrogen and oxygen atoms in total. The number of hydrogen-bond acceptors (Lipinski definition) is 6. The Kier molecular flexibility index (Phi) is 5.87. The van der Waals surface area contributed by atoms with Gasteiger partial charge in [-0.1, -0.05) is 22.8 Å². The molecule has 0 saturated carbocycles. The maximum atomic E-state index is 12.5. The van der Waals surface area contributed by atoms with Crippen molar-refractivity contribution in [2.45, 2.75) is 18.1 Å². The quantitative estimate of drug-likeness (QED) is 0.585. The SMILES string of the molecule is CC(=O)Nc1c(C)noc1/C=C/c1ccc(S(=O)(=O)Nc2cccc(Cl)c2)s1. The average Bonchev–Trinajstić information content (AvgIpc) is 3.21. The van der Waals surface area contributed by atoms with E-state index in [4.69, 9.17) is 16.1 Å². The van der Waals surface area contributed by atoms with Crippen LogP contribution in [-0.2, 0) is 14.8 Å². The van der Waals surface area contributed by atoms with E-state index in [9.17, 15) is 13.2 Å². The van der Waals surface area contributed by atoms with Gasteiger partial charge in [-0.2, -0.15) is 0 Å². The van der Waals surface area contributed by atoms with Crippen LogP contribution in [0.25, 0.3) is 12.2 Å². The van der Waals surface area contributed by atoms with Crippen LogP contribution in [0.1, 0.15) is 23.3 Å². The predicted molar refractivity (Wildman–Crippen MR) is 111 cm³/mol. The maximum absolute atomic E-state index is 12.5. The van der Waals surface area contributed by atoms with Crippen molar-refractivity contribution in [2.24, 2.45) is 0 Å². The zero-order chi connectivity index (χ0) is 20.3. The molecular weight excluding hydrogens is 422 g/mol. The Morgan fingerprint density at radius 2 is 2.04 bits per heavy atom. The van der Waals surface area contributed by atoms with E-state index in [2.05, 4.69) is 15.2 Å². The Bertz CT molecular complexity index is 1150. The zero-order valence-corrected chi connectivity index (χ0v) is 17.3. The summed E-state index contributed by atoms with van der Waals surface area (Å²) in [6, 6.07) is 9.66. The summed E-state index contributed by atoms with van der Waals surface area (Å²) in [6.45, 7) is 3.10. The number of aryl methyl sites for hydroxylation is 1. The van der Waals surface area contributed by atoms with E-state index in [0.717, 1.165) is 11.3 Å². The van der Waals surface area contributed by atoms with Gasteiger partial charge < -0.3 is 9.84 Å². The lowest BCUT2D eigenvalue weighted by Crippen LogP contribution is -2.11. The number of carbonyl (C=O) groups excluding carboxylic acids is 1. The number of anilines is 2. The molecule has 0 spiro atoms. The molecule has 0 radical (unpaired) electrons. The molecule has 2 N–H and O–H groups in total. The summed E-state index contributed by atoms with van der Waals surface area (Å²) < 4.78 is 32.9. The number of amides is 1. The minimum atomic E-state index is -3.73. The van der Waals surface area contributed by atoms with E-state index in [-0.39, 0.29) is 10.1 Å². The van der Waals surface area contributed by atoms with Gasteiger partial charge in [0.25, 0.3) is 10.0 Å². The number of halogens is 1. The van der Waals surface area contributed by atoms with Crippen LogP contribution < -0.4 is 10.0 Å². The van der Waals surface area contributed by atoms with Crippen LogP contribution in [-0.4, -0.2) is 19.5 Å². The van der Waals surface area contributed by atoms with Crippen LogP contribution in [0.15, 0.2) is 45.1 Å². The van der Waals surface area contributed by atoms with Gasteiger partial charge in [0.05, 0.1) is 5.69 Å². The number of carbonyl (C=O) groups is 1. The Hall–Kier alpha value is -2.62. The van der Waals surface area contributed by atoms with Crippen LogP contribution in [0.5, 0.6) is 0 Å². The van der Waals surface area contributed by atoms with Gasteiger partial charge in [-0.3, -0.25) is 9.52 Å². The van der Waals surface area contributed by atoms with Gasteiger partial charge in [-0.05, 0) is 49.4 Å². The van der Waals surface area contributed by atoms with E-state index in [0.29, 0.717) is 32.7 Å². The van der Waals surface area contributed by atoms with Crippen molar-refractivity contribution in [2.75, 3.05) is 10.0 Å². The molecule has 0 bridgehead atoms. The van der Waals surface area contributed by atoms with Crippen molar-refractivity contribution in [1.82, 2.24) is 5.16 Å². The lowest BCUT2D eigenvalue weighted by Gasteiger charge is -2.06. The van der Waals surface area contributed by atoms with E-state index in [1.807, 2.05) is 0 Å². The third kappa shape index (κ3) is 4.80. The van der Waals surface area contributed by atoms with Crippen LogP contribution in [0.2, 0.25) is 5.02 Å². The van der Waals surface area contributed by atoms with Crippen LogP contribution in [0.4, 0.5) is 11.4 Å². The highest BCUT2D eigenvalue weighted by atomic mass is 35.5. The molecule has 1 aromatic carbocycles. The smallest absolute Gasteiger partial charge is 0.271 e. The third-order valence-corrected chi connectivity index (χ3v) is 6.69. The molecule has 2 heterocycles. The number of nitrogens with one attached hydrogen (secondary N) is 2. The number of rotatable bonds is 6. The molecular formula is C18H16ClN3O4S2. The van der Waals surface area contributed by atoms with Crippen molar-refractivity contribution >= 4 is 62.4 Å². The van der Waals surface area contributed by atoms with Gasteiger partial charge in [-0.25, -0.2) is 8.42 Å². The summed E-state index contributed by atoms with van der Waals surface area (Å²) in [7, 11) is -3.73. The number of aromatic nitrogens is 1. The normalized spacial score (nSPS) is 11.7. The van der Waals surface area contributed by atoms with Gasteiger partial charge in [0.2, 0.25) is 5.91 Å². The van der Waals surface area contributed by atoms with Gasteiger partial charge >= 0.3 is 0 Å². The first kappa shape index (κ1) is 20.1. The minimum Gasteiger partial charge on any atom is -0.354 e. The first-order valence-electron chi connectivity index (χ1n) is 8.05. The Morgan fingerprint density at radius 1 is 1.25 bits per heavy atom. The zero-order valence-electron chi connectivity index (χ0n) is 14.9. The first-order valence-corrected chi connectivity index (χ1v) is 10.7. The van der Waals surface area contributed by atoms with E-state index in [1.165, 1.54) is 19.1 Å². The summed E-state index contributed by atoms with van der Waals surface area (Å²) in [4.78, 5) is 12.0. The molecule has 0 unspecified atom stereocenters. The number of benzene rings is 1. The standard InChI is InChI=1S/C18H16ClN3O4S2/c1-11-18(20-12(2)23)16(26-21-11)8-6-15-7-9-17(27-15)28(24,25)22-14-5-3-4-13(19)10-14/h3-10,22H,1-2H3,(H,20,23)/b8-6+. The number of nitrogens with zero attached hydrogens (tertiary/aromatic N) is 1. The molecule has 3 rings (SSSR count). The molecule has 0 aliphatic carbocycles. The van der Waals surface area contributed by atoms with Crippen LogP contribution in [0.3, 0.4) is 0 Å². The maximum Gasteiger partial charge on any atom is 0.271 e. The van der Waals surface area contributed by atoms with Gasteiger partial charge in [0, 0.05) is 16.8 Å². The Labute approximate surface area is 171 Å². The molecule has 2 aromatic heterocycles. The lowest BCUT2D eigenvalue weighted by molar-refractivity contribution is -0.114. The second-order valence-electron chi connectivity index (χ2n) is 5.79. The molecule has 28 heavy (non-hydrogen) atoms. The fraction of sp³-hybridized carbons (Fsp3) is 0.111. The fourth-order valence-corrected chi connectivity index (χ4v) is 4.78. The monoisotopic (exact) mass is 437 g/mol. The van der Waals surface area contributed by atoms with Crippen molar-refractivity contribution < 1.29 is 17.7 Å². The Morgan fingerprint density at radius 3 is 2.75 bits per heavy atom. The fourth-order valence-electron chi connectivity index (χ4n) is 2.31. The minimum absolute atomic E-state index is 0.156. The highest BCUT2D eigenvalue weighted by Gasteiger charge is 2.17. The molecule has 0 fully saturated rings. The molecule has 0 atom stereocenters. The molecule has 10 heteroatoms. The lowest BCUT2D eigenvalue weighted by atomic mass is 10.2. The number of hydrogen-bond donors (Lipinski definition) is 2. The van der Waals surface area contributed by atoms with Crippen molar-refractivity contribution in [3.05, 3.63) is 57.8 Å².